The number of benzene rings is 2. The number of ether oxygens (including phenoxy) is 2. The number of esters is 1. The van der Waals surface area contributed by atoms with Crippen LogP contribution in [0.1, 0.15) is 18.9 Å². The predicted octanol–water partition coefficient (Wildman–Crippen LogP) is 5.41. The highest BCUT2D eigenvalue weighted by Crippen LogP contribution is 2.27. The van der Waals surface area contributed by atoms with Gasteiger partial charge in [0, 0.05) is 16.9 Å². The van der Waals surface area contributed by atoms with E-state index in [1.165, 1.54) is 23.5 Å². The van der Waals surface area contributed by atoms with Gasteiger partial charge in [-0.05, 0) is 67.4 Å². The first-order chi connectivity index (χ1) is 16.7. The maximum absolute atomic E-state index is 12.5. The largest absolute Gasteiger partial charge is 0.573 e. The van der Waals surface area contributed by atoms with Gasteiger partial charge in [0.25, 0.3) is 0 Å². The number of carbonyl (C=O) groups is 1. The van der Waals surface area contributed by atoms with Crippen molar-refractivity contribution in [3.8, 4) is 17.0 Å². The summed E-state index contributed by atoms with van der Waals surface area (Å²) in [5, 5.41) is 5.62. The van der Waals surface area contributed by atoms with E-state index in [-0.39, 0.29) is 18.3 Å². The average Bonchev–Trinajstić information content (AvgIpc) is 3.21. The fourth-order valence-electron chi connectivity index (χ4n) is 3.24. The summed E-state index contributed by atoms with van der Waals surface area (Å²) in [6, 6.07) is 13.2. The first-order valence-electron chi connectivity index (χ1n) is 10.9. The molecule has 0 radical (unpaired) electrons. The summed E-state index contributed by atoms with van der Waals surface area (Å²) >= 11 is 7.40. The first-order valence-corrected chi connectivity index (χ1v) is 12.2. The molecule has 1 heterocycles. The molecule has 0 atom stereocenters. The van der Waals surface area contributed by atoms with E-state index >= 15 is 0 Å². The molecular weight excluding hydrogens is 503 g/mol. The normalized spacial score (nSPS) is 12.1. The van der Waals surface area contributed by atoms with Gasteiger partial charge in [0.2, 0.25) is 0 Å². The van der Waals surface area contributed by atoms with Crippen molar-refractivity contribution in [3.05, 3.63) is 69.3 Å². The number of aromatic nitrogens is 1. The van der Waals surface area contributed by atoms with Gasteiger partial charge in [0.1, 0.15) is 5.75 Å². The summed E-state index contributed by atoms with van der Waals surface area (Å²) in [5.41, 5.74) is 2.57. The smallest absolute Gasteiger partial charge is 0.465 e. The lowest BCUT2D eigenvalue weighted by Crippen LogP contribution is -2.27. The van der Waals surface area contributed by atoms with E-state index < -0.39 is 6.36 Å². The fraction of sp³-hybridized carbons (Fsp3) is 0.333. The third-order valence-corrected chi connectivity index (χ3v) is 5.95. The molecule has 3 aromatic rings. The number of halogens is 4. The van der Waals surface area contributed by atoms with Crippen molar-refractivity contribution in [2.24, 2.45) is 4.99 Å². The quantitative estimate of drug-likeness (QED) is 0.267. The fourth-order valence-corrected chi connectivity index (χ4v) is 4.30. The number of alkyl halides is 3. The molecule has 2 aromatic carbocycles. The lowest BCUT2D eigenvalue weighted by Gasteiger charge is -2.12. The summed E-state index contributed by atoms with van der Waals surface area (Å²) in [6.07, 6.45) is -4.04. The van der Waals surface area contributed by atoms with Crippen LogP contribution in [0.25, 0.3) is 11.3 Å². The molecule has 0 saturated heterocycles. The van der Waals surface area contributed by atoms with Crippen molar-refractivity contribution < 1.29 is 27.4 Å². The Bertz CT molecular complexity index is 1160. The van der Waals surface area contributed by atoms with Crippen molar-refractivity contribution in [2.75, 3.05) is 19.7 Å². The predicted molar refractivity (Wildman–Crippen MR) is 129 cm³/mol. The van der Waals surface area contributed by atoms with Crippen molar-refractivity contribution in [3.63, 3.8) is 0 Å². The van der Waals surface area contributed by atoms with E-state index in [0.29, 0.717) is 37.7 Å². The third-order valence-electron chi connectivity index (χ3n) is 4.80. The zero-order valence-electron chi connectivity index (χ0n) is 19.0. The minimum absolute atomic E-state index is 0.128. The molecule has 35 heavy (non-hydrogen) atoms. The Morgan fingerprint density at radius 2 is 1.86 bits per heavy atom. The highest BCUT2D eigenvalue weighted by Gasteiger charge is 2.31. The van der Waals surface area contributed by atoms with Gasteiger partial charge in [-0.25, -0.2) is 0 Å². The number of carbonyl (C=O) groups excluding carboxylic acids is 1. The molecule has 0 bridgehead atoms. The molecule has 0 aliphatic carbocycles. The van der Waals surface area contributed by atoms with Gasteiger partial charge in [-0.1, -0.05) is 23.7 Å². The van der Waals surface area contributed by atoms with Crippen LogP contribution in [0.2, 0.25) is 5.02 Å². The second-order valence-corrected chi connectivity index (χ2v) is 8.68. The van der Waals surface area contributed by atoms with E-state index in [1.807, 2.05) is 22.1 Å². The van der Waals surface area contributed by atoms with Crippen LogP contribution in [0.5, 0.6) is 5.75 Å². The van der Waals surface area contributed by atoms with Gasteiger partial charge in [-0.2, -0.15) is 0 Å². The number of rotatable bonds is 11. The Morgan fingerprint density at radius 3 is 2.51 bits per heavy atom. The van der Waals surface area contributed by atoms with Crippen LogP contribution in [0.15, 0.2) is 58.9 Å². The van der Waals surface area contributed by atoms with Crippen molar-refractivity contribution in [2.45, 2.75) is 32.8 Å². The Morgan fingerprint density at radius 1 is 1.14 bits per heavy atom. The van der Waals surface area contributed by atoms with Crippen molar-refractivity contribution >= 4 is 28.9 Å². The summed E-state index contributed by atoms with van der Waals surface area (Å²) in [7, 11) is 0. The van der Waals surface area contributed by atoms with E-state index in [4.69, 9.17) is 21.3 Å². The molecule has 0 amide bonds. The van der Waals surface area contributed by atoms with Gasteiger partial charge in [0.15, 0.2) is 4.80 Å². The molecule has 188 valence electrons. The monoisotopic (exact) mass is 527 g/mol. The molecule has 0 spiro atoms. The third kappa shape index (κ3) is 8.72. The molecule has 0 saturated carbocycles. The number of thiazole rings is 1. The Hall–Kier alpha value is -2.82. The lowest BCUT2D eigenvalue weighted by atomic mass is 10.1. The van der Waals surface area contributed by atoms with Crippen molar-refractivity contribution in [1.29, 1.82) is 0 Å². The van der Waals surface area contributed by atoms with Crippen LogP contribution in [0.4, 0.5) is 13.2 Å². The molecule has 0 fully saturated rings. The summed E-state index contributed by atoms with van der Waals surface area (Å²) in [4.78, 5) is 17.0. The van der Waals surface area contributed by atoms with E-state index in [1.54, 1.807) is 31.2 Å². The van der Waals surface area contributed by atoms with Gasteiger partial charge in [-0.15, -0.1) is 24.5 Å². The van der Waals surface area contributed by atoms with Crippen LogP contribution in [0.3, 0.4) is 0 Å². The lowest BCUT2D eigenvalue weighted by molar-refractivity contribution is -0.274. The molecule has 1 aromatic heterocycles. The van der Waals surface area contributed by atoms with E-state index in [9.17, 15) is 18.0 Å². The maximum Gasteiger partial charge on any atom is 0.573 e. The molecule has 11 heteroatoms. The van der Waals surface area contributed by atoms with Crippen molar-refractivity contribution in [1.82, 2.24) is 9.88 Å². The number of nitrogens with zero attached hydrogens (tertiary/aromatic N) is 2. The molecule has 3 rings (SSSR count). The molecule has 6 nitrogen and oxygen atoms in total. The minimum atomic E-state index is -4.74. The standard InChI is InChI=1S/C24H25ClF3N3O3S/c1-2-33-22(32)15-29-12-3-13-31-21(18-6-10-20(11-7-18)34-24(26,27)28)16-35-23(31)30-14-17-4-8-19(25)9-5-17/h4-11,16,29H,2-3,12-15H2,1H3. The summed E-state index contributed by atoms with van der Waals surface area (Å²) < 4.78 is 48.4. The number of hydrogen-bond donors (Lipinski definition) is 1. The molecule has 0 aliphatic heterocycles. The van der Waals surface area contributed by atoms with Gasteiger partial charge in [-0.3, -0.25) is 9.79 Å². The second-order valence-electron chi connectivity index (χ2n) is 7.41. The van der Waals surface area contributed by atoms with Gasteiger partial charge >= 0.3 is 12.3 Å². The molecule has 0 aliphatic rings. The molecule has 1 N–H and O–H groups in total. The van der Waals surface area contributed by atoms with Crippen LogP contribution >= 0.6 is 22.9 Å². The molecule has 0 unspecified atom stereocenters. The first kappa shape index (κ1) is 26.8. The van der Waals surface area contributed by atoms with Crippen LogP contribution in [-0.2, 0) is 22.6 Å². The molecular formula is C24H25ClF3N3O3S. The SMILES string of the molecule is CCOC(=O)CNCCCn1c(-c2ccc(OC(F)(F)F)cc2)csc1=NCc1ccc(Cl)cc1. The topological polar surface area (TPSA) is 64.8 Å². The van der Waals surface area contributed by atoms with Crippen LogP contribution < -0.4 is 14.9 Å². The van der Waals surface area contributed by atoms with Gasteiger partial charge < -0.3 is 19.4 Å². The Kier molecular flexibility index (Phi) is 9.76. The maximum atomic E-state index is 12.5. The number of hydrogen-bond acceptors (Lipinski definition) is 6. The Balaban J connectivity index is 1.78. The average molecular weight is 528 g/mol. The second kappa shape index (κ2) is 12.8. The van der Waals surface area contributed by atoms with Crippen LogP contribution in [-0.4, -0.2) is 36.6 Å². The number of nitrogens with one attached hydrogen (secondary N) is 1. The zero-order valence-corrected chi connectivity index (χ0v) is 20.6. The van der Waals surface area contributed by atoms with Gasteiger partial charge in [0.05, 0.1) is 25.4 Å². The zero-order chi connectivity index (χ0) is 25.3. The Labute approximate surface area is 210 Å². The van der Waals surface area contributed by atoms with Crippen LogP contribution in [0, 0.1) is 0 Å². The summed E-state index contributed by atoms with van der Waals surface area (Å²) in [5.74, 6) is -0.588. The highest BCUT2D eigenvalue weighted by molar-refractivity contribution is 7.07. The summed E-state index contributed by atoms with van der Waals surface area (Å²) in [6.45, 7) is 3.84. The van der Waals surface area contributed by atoms with E-state index in [2.05, 4.69) is 10.1 Å². The highest BCUT2D eigenvalue weighted by atomic mass is 35.5. The van der Waals surface area contributed by atoms with E-state index in [0.717, 1.165) is 21.6 Å². The minimum Gasteiger partial charge on any atom is -0.465 e.